The summed E-state index contributed by atoms with van der Waals surface area (Å²) in [5, 5.41) is 9.22. The molecule has 0 aliphatic carbocycles. The fourth-order valence-electron chi connectivity index (χ4n) is 1.47. The normalized spacial score (nSPS) is 10.4. The van der Waals surface area contributed by atoms with Crippen molar-refractivity contribution in [3.8, 4) is 0 Å². The Kier molecular flexibility index (Phi) is 3.76. The lowest BCUT2D eigenvalue weighted by Gasteiger charge is -2.04. The molecular formula is C12H11BrFN3O. The number of hydrogen-bond donors (Lipinski definition) is 2. The van der Waals surface area contributed by atoms with Gasteiger partial charge in [0.1, 0.15) is 5.82 Å². The molecule has 94 valence electrons. The van der Waals surface area contributed by atoms with Crippen LogP contribution in [0.2, 0.25) is 0 Å². The molecule has 0 saturated carbocycles. The van der Waals surface area contributed by atoms with E-state index in [2.05, 4.69) is 31.4 Å². The van der Waals surface area contributed by atoms with Crippen molar-refractivity contribution >= 4 is 27.7 Å². The number of H-pyrrole nitrogens is 1. The summed E-state index contributed by atoms with van der Waals surface area (Å²) >= 11 is 3.04. The second kappa shape index (κ2) is 5.30. The quantitative estimate of drug-likeness (QED) is 0.915. The Balaban J connectivity index is 2.19. The SMILES string of the molecule is CCc1cc(NC(=O)c2cccc(Br)c2F)n[nH]1. The molecular weight excluding hydrogens is 301 g/mol. The van der Waals surface area contributed by atoms with Crippen LogP contribution in [-0.4, -0.2) is 16.1 Å². The summed E-state index contributed by atoms with van der Waals surface area (Å²) in [6, 6.07) is 6.27. The summed E-state index contributed by atoms with van der Waals surface area (Å²) in [7, 11) is 0. The van der Waals surface area contributed by atoms with Crippen molar-refractivity contribution in [2.75, 3.05) is 5.32 Å². The molecule has 2 N–H and O–H groups in total. The fraction of sp³-hybridized carbons (Fsp3) is 0.167. The van der Waals surface area contributed by atoms with Crippen molar-refractivity contribution in [3.63, 3.8) is 0 Å². The van der Waals surface area contributed by atoms with Gasteiger partial charge in [0.25, 0.3) is 5.91 Å². The van der Waals surface area contributed by atoms with E-state index < -0.39 is 11.7 Å². The molecule has 1 aromatic carbocycles. The Morgan fingerprint density at radius 2 is 2.33 bits per heavy atom. The van der Waals surface area contributed by atoms with Gasteiger partial charge >= 0.3 is 0 Å². The third kappa shape index (κ3) is 2.59. The summed E-state index contributed by atoms with van der Waals surface area (Å²) in [4.78, 5) is 11.9. The molecule has 0 spiro atoms. The lowest BCUT2D eigenvalue weighted by Crippen LogP contribution is -2.14. The Bertz CT molecular complexity index is 582. The zero-order chi connectivity index (χ0) is 13.1. The van der Waals surface area contributed by atoms with E-state index in [-0.39, 0.29) is 10.0 Å². The minimum absolute atomic E-state index is 0.0228. The number of nitrogens with one attached hydrogen (secondary N) is 2. The maximum atomic E-state index is 13.7. The number of aromatic nitrogens is 2. The molecule has 4 nitrogen and oxygen atoms in total. The Labute approximate surface area is 112 Å². The van der Waals surface area contributed by atoms with Gasteiger partial charge in [-0.05, 0) is 34.5 Å². The van der Waals surface area contributed by atoms with Crippen LogP contribution >= 0.6 is 15.9 Å². The van der Waals surface area contributed by atoms with Crippen molar-refractivity contribution < 1.29 is 9.18 Å². The predicted molar refractivity (Wildman–Crippen MR) is 70.0 cm³/mol. The average molecular weight is 312 g/mol. The molecule has 1 amide bonds. The molecule has 0 bridgehead atoms. The van der Waals surface area contributed by atoms with Gasteiger partial charge in [0.05, 0.1) is 10.0 Å². The number of benzene rings is 1. The predicted octanol–water partition coefficient (Wildman–Crippen LogP) is 3.13. The number of amides is 1. The molecule has 0 fully saturated rings. The highest BCUT2D eigenvalue weighted by Gasteiger charge is 2.14. The van der Waals surface area contributed by atoms with Gasteiger partial charge in [-0.15, -0.1) is 0 Å². The second-order valence-corrected chi connectivity index (χ2v) is 4.54. The van der Waals surface area contributed by atoms with E-state index in [4.69, 9.17) is 0 Å². The standard InChI is InChI=1S/C12H11BrFN3O/c1-2-7-6-10(17-16-7)15-12(18)8-4-3-5-9(13)11(8)14/h3-6H,2H2,1H3,(H2,15,16,17,18). The number of rotatable bonds is 3. The molecule has 2 rings (SSSR count). The van der Waals surface area contributed by atoms with Gasteiger partial charge in [-0.1, -0.05) is 13.0 Å². The molecule has 1 heterocycles. The molecule has 0 atom stereocenters. The largest absolute Gasteiger partial charge is 0.305 e. The lowest BCUT2D eigenvalue weighted by molar-refractivity contribution is 0.102. The van der Waals surface area contributed by atoms with Crippen molar-refractivity contribution in [1.29, 1.82) is 0 Å². The molecule has 18 heavy (non-hydrogen) atoms. The number of hydrogen-bond acceptors (Lipinski definition) is 2. The topological polar surface area (TPSA) is 57.8 Å². The van der Waals surface area contributed by atoms with Gasteiger partial charge in [0, 0.05) is 11.8 Å². The van der Waals surface area contributed by atoms with Crippen LogP contribution in [0.4, 0.5) is 10.2 Å². The zero-order valence-corrected chi connectivity index (χ0v) is 11.2. The molecule has 6 heteroatoms. The van der Waals surface area contributed by atoms with Crippen molar-refractivity contribution in [2.24, 2.45) is 0 Å². The lowest BCUT2D eigenvalue weighted by atomic mass is 10.2. The maximum absolute atomic E-state index is 13.7. The Morgan fingerprint density at radius 1 is 1.56 bits per heavy atom. The van der Waals surface area contributed by atoms with Crippen molar-refractivity contribution in [2.45, 2.75) is 13.3 Å². The number of carbonyl (C=O) groups excluding carboxylic acids is 1. The van der Waals surface area contributed by atoms with Crippen LogP contribution < -0.4 is 5.32 Å². The van der Waals surface area contributed by atoms with E-state index in [1.165, 1.54) is 12.1 Å². The van der Waals surface area contributed by atoms with E-state index in [1.54, 1.807) is 12.1 Å². The van der Waals surface area contributed by atoms with Gasteiger partial charge < -0.3 is 5.32 Å². The highest BCUT2D eigenvalue weighted by Crippen LogP contribution is 2.19. The van der Waals surface area contributed by atoms with Crippen LogP contribution in [0.15, 0.2) is 28.7 Å². The van der Waals surface area contributed by atoms with Crippen molar-refractivity contribution in [3.05, 3.63) is 45.8 Å². The number of anilines is 1. The van der Waals surface area contributed by atoms with E-state index in [0.29, 0.717) is 5.82 Å². The van der Waals surface area contributed by atoms with E-state index in [1.807, 2.05) is 6.92 Å². The first-order valence-corrected chi connectivity index (χ1v) is 6.20. The molecule has 0 aliphatic rings. The highest BCUT2D eigenvalue weighted by molar-refractivity contribution is 9.10. The van der Waals surface area contributed by atoms with Crippen LogP contribution in [0.1, 0.15) is 23.0 Å². The van der Waals surface area contributed by atoms with E-state index >= 15 is 0 Å². The van der Waals surface area contributed by atoms with E-state index in [9.17, 15) is 9.18 Å². The monoisotopic (exact) mass is 311 g/mol. The van der Waals surface area contributed by atoms with Crippen LogP contribution in [0.5, 0.6) is 0 Å². The minimum Gasteiger partial charge on any atom is -0.305 e. The third-order valence-electron chi connectivity index (χ3n) is 2.45. The second-order valence-electron chi connectivity index (χ2n) is 3.69. The number of carbonyl (C=O) groups is 1. The van der Waals surface area contributed by atoms with Gasteiger partial charge in [0.2, 0.25) is 0 Å². The van der Waals surface area contributed by atoms with Crippen molar-refractivity contribution in [1.82, 2.24) is 10.2 Å². The van der Waals surface area contributed by atoms with Gasteiger partial charge in [-0.25, -0.2) is 4.39 Å². The van der Waals surface area contributed by atoms with Gasteiger partial charge in [-0.3, -0.25) is 9.89 Å². The first kappa shape index (κ1) is 12.8. The summed E-state index contributed by atoms with van der Waals surface area (Å²) < 4.78 is 13.9. The maximum Gasteiger partial charge on any atom is 0.259 e. The summed E-state index contributed by atoms with van der Waals surface area (Å²) in [5.41, 5.74) is 0.880. The van der Waals surface area contributed by atoms with Crippen LogP contribution in [0, 0.1) is 5.82 Å². The number of nitrogens with zero attached hydrogens (tertiary/aromatic N) is 1. The van der Waals surface area contributed by atoms with Gasteiger partial charge in [0.15, 0.2) is 5.82 Å². The fourth-order valence-corrected chi connectivity index (χ4v) is 1.84. The number of halogens is 2. The summed E-state index contributed by atoms with van der Waals surface area (Å²) in [6.45, 7) is 1.97. The minimum atomic E-state index is -0.582. The first-order chi connectivity index (χ1) is 8.61. The Hall–Kier alpha value is -1.69. The molecule has 0 unspecified atom stereocenters. The number of aryl methyl sites for hydroxylation is 1. The molecule has 0 radical (unpaired) electrons. The third-order valence-corrected chi connectivity index (χ3v) is 3.06. The Morgan fingerprint density at radius 3 is 3.00 bits per heavy atom. The first-order valence-electron chi connectivity index (χ1n) is 5.41. The van der Waals surface area contributed by atoms with Crippen LogP contribution in [-0.2, 0) is 6.42 Å². The molecule has 1 aromatic heterocycles. The van der Waals surface area contributed by atoms with Gasteiger partial charge in [-0.2, -0.15) is 5.10 Å². The van der Waals surface area contributed by atoms with E-state index in [0.717, 1.165) is 12.1 Å². The molecule has 0 saturated heterocycles. The average Bonchev–Trinajstić information content (AvgIpc) is 2.80. The molecule has 2 aromatic rings. The molecule has 0 aliphatic heterocycles. The number of aromatic amines is 1. The van der Waals surface area contributed by atoms with Crippen LogP contribution in [0.3, 0.4) is 0 Å². The highest BCUT2D eigenvalue weighted by atomic mass is 79.9. The van der Waals surface area contributed by atoms with Crippen LogP contribution in [0.25, 0.3) is 0 Å². The summed E-state index contributed by atoms with van der Waals surface area (Å²) in [6.07, 6.45) is 0.786. The smallest absolute Gasteiger partial charge is 0.259 e. The summed E-state index contributed by atoms with van der Waals surface area (Å²) in [5.74, 6) is -0.722. The zero-order valence-electron chi connectivity index (χ0n) is 9.63.